The minimum absolute atomic E-state index is 0.0138. The Morgan fingerprint density at radius 3 is 2.27 bits per heavy atom. The van der Waals surface area contributed by atoms with Crippen LogP contribution in [0.2, 0.25) is 18.1 Å². The average Bonchev–Trinajstić information content (AvgIpc) is 2.39. The largest absolute Gasteiger partial charge is 0.461 e. The molecule has 1 rings (SSSR count). The van der Waals surface area contributed by atoms with E-state index in [0.29, 0.717) is 6.42 Å². The van der Waals surface area contributed by atoms with Crippen molar-refractivity contribution in [1.82, 2.24) is 0 Å². The van der Waals surface area contributed by atoms with Crippen molar-refractivity contribution in [2.24, 2.45) is 11.8 Å². The van der Waals surface area contributed by atoms with E-state index in [9.17, 15) is 9.59 Å². The van der Waals surface area contributed by atoms with Gasteiger partial charge in [0.2, 0.25) is 0 Å². The van der Waals surface area contributed by atoms with Crippen LogP contribution in [0, 0.1) is 11.8 Å². The fourth-order valence-corrected chi connectivity index (χ4v) is 3.94. The van der Waals surface area contributed by atoms with Crippen molar-refractivity contribution in [3.05, 3.63) is 0 Å². The molecule has 0 aromatic rings. The van der Waals surface area contributed by atoms with Gasteiger partial charge in [0.05, 0.1) is 6.10 Å². The Bertz CT molecular complexity index is 407. The summed E-state index contributed by atoms with van der Waals surface area (Å²) in [5.41, 5.74) is 0. The van der Waals surface area contributed by atoms with Gasteiger partial charge in [0.15, 0.2) is 14.1 Å². The summed E-state index contributed by atoms with van der Waals surface area (Å²) in [4.78, 5) is 23.7. The Morgan fingerprint density at radius 1 is 1.32 bits per heavy atom. The highest BCUT2D eigenvalue weighted by Gasteiger charge is 2.43. The van der Waals surface area contributed by atoms with Gasteiger partial charge in [-0.2, -0.15) is 0 Å². The molecule has 22 heavy (non-hydrogen) atoms. The minimum atomic E-state index is -1.89. The van der Waals surface area contributed by atoms with E-state index in [1.165, 1.54) is 0 Å². The van der Waals surface area contributed by atoms with Gasteiger partial charge < -0.3 is 9.16 Å². The number of hydrogen-bond acceptors (Lipinski definition) is 4. The van der Waals surface area contributed by atoms with E-state index in [0.717, 1.165) is 6.42 Å². The first-order chi connectivity index (χ1) is 9.90. The molecule has 0 amide bonds. The van der Waals surface area contributed by atoms with Crippen LogP contribution >= 0.6 is 0 Å². The second-order valence-corrected chi connectivity index (χ2v) is 12.8. The lowest BCUT2D eigenvalue weighted by atomic mass is 9.88. The number of cyclic esters (lactones) is 1. The molecule has 0 bridgehead atoms. The maximum absolute atomic E-state index is 11.9. The van der Waals surface area contributed by atoms with Crippen molar-refractivity contribution in [1.29, 1.82) is 0 Å². The average molecular weight is 329 g/mol. The number of esters is 1. The van der Waals surface area contributed by atoms with Gasteiger partial charge in [0, 0.05) is 12.3 Å². The molecule has 1 aliphatic heterocycles. The number of ketones is 1. The van der Waals surface area contributed by atoms with Gasteiger partial charge in [-0.1, -0.05) is 34.6 Å². The zero-order chi connectivity index (χ0) is 17.3. The van der Waals surface area contributed by atoms with Crippen LogP contribution in [0.1, 0.15) is 54.4 Å². The summed E-state index contributed by atoms with van der Waals surface area (Å²) in [5, 5.41) is 0.133. The van der Waals surface area contributed by atoms with Crippen LogP contribution in [0.5, 0.6) is 0 Å². The lowest BCUT2D eigenvalue weighted by molar-refractivity contribution is -0.168. The fourth-order valence-electron chi connectivity index (χ4n) is 2.45. The number of Topliss-reactive ketones (excluding diaryl/α,β-unsaturated/α-hetero) is 1. The molecule has 0 aromatic heterocycles. The third kappa shape index (κ3) is 4.19. The summed E-state index contributed by atoms with van der Waals surface area (Å²) in [6.07, 6.45) is 0.822. The van der Waals surface area contributed by atoms with E-state index in [1.54, 1.807) is 6.92 Å². The lowest BCUT2D eigenvalue weighted by Gasteiger charge is -2.42. The van der Waals surface area contributed by atoms with Gasteiger partial charge in [-0.15, -0.1) is 0 Å². The molecular weight excluding hydrogens is 296 g/mol. The maximum Gasteiger partial charge on any atom is 0.316 e. The van der Waals surface area contributed by atoms with Gasteiger partial charge in [0.1, 0.15) is 12.0 Å². The van der Waals surface area contributed by atoms with Crippen molar-refractivity contribution in [2.75, 3.05) is 0 Å². The van der Waals surface area contributed by atoms with Crippen LogP contribution in [-0.4, -0.2) is 32.3 Å². The van der Waals surface area contributed by atoms with Crippen molar-refractivity contribution in [3.63, 3.8) is 0 Å². The van der Waals surface area contributed by atoms with Gasteiger partial charge in [0.25, 0.3) is 0 Å². The summed E-state index contributed by atoms with van der Waals surface area (Å²) in [5.74, 6) is -1.00. The number of carbonyl (C=O) groups is 2. The summed E-state index contributed by atoms with van der Waals surface area (Å²) in [6, 6.07) is 0. The summed E-state index contributed by atoms with van der Waals surface area (Å²) in [6.45, 7) is 16.8. The molecule has 128 valence electrons. The Labute approximate surface area is 136 Å². The van der Waals surface area contributed by atoms with Crippen LogP contribution in [-0.2, 0) is 18.8 Å². The summed E-state index contributed by atoms with van der Waals surface area (Å²) >= 11 is 0. The Morgan fingerprint density at radius 2 is 1.86 bits per heavy atom. The first kappa shape index (κ1) is 19.4. The Hall–Kier alpha value is -0.683. The van der Waals surface area contributed by atoms with Crippen LogP contribution in [0.4, 0.5) is 0 Å². The van der Waals surface area contributed by atoms with Gasteiger partial charge >= 0.3 is 5.97 Å². The van der Waals surface area contributed by atoms with Crippen molar-refractivity contribution < 1.29 is 18.8 Å². The smallest absolute Gasteiger partial charge is 0.316 e. The molecule has 1 fully saturated rings. The SMILES string of the molecule is CC[C@@H](O[Si](C)(C)C(C)(C)C)[C@H](C)[C@@H]1CC(=O)C(C)C(=O)O1. The predicted molar refractivity (Wildman–Crippen MR) is 90.2 cm³/mol. The first-order valence-electron chi connectivity index (χ1n) is 8.31. The van der Waals surface area contributed by atoms with E-state index < -0.39 is 20.2 Å². The highest BCUT2D eigenvalue weighted by Crippen LogP contribution is 2.39. The summed E-state index contributed by atoms with van der Waals surface area (Å²) in [7, 11) is -1.89. The van der Waals surface area contributed by atoms with Gasteiger partial charge in [-0.05, 0) is 31.5 Å². The highest BCUT2D eigenvalue weighted by molar-refractivity contribution is 6.74. The monoisotopic (exact) mass is 328 g/mol. The molecule has 4 atom stereocenters. The molecule has 0 saturated carbocycles. The topological polar surface area (TPSA) is 52.6 Å². The Balaban J connectivity index is 2.83. The third-order valence-corrected chi connectivity index (χ3v) is 9.84. The standard InChI is InChI=1S/C17H32O4Si/c1-9-14(21-22(7,8)17(4,5)6)12(3)15-10-13(18)11(2)16(19)20-15/h11-12,14-15H,9-10H2,1-8H3/t11?,12-,14+,15-/m0/s1. The molecule has 4 nitrogen and oxygen atoms in total. The Kier molecular flexibility index (Phi) is 6.01. The quantitative estimate of drug-likeness (QED) is 0.436. The number of hydrogen-bond donors (Lipinski definition) is 0. The number of carbonyl (C=O) groups excluding carboxylic acids is 2. The molecule has 1 unspecified atom stereocenters. The molecule has 0 aromatic carbocycles. The van der Waals surface area contributed by atoms with Crippen LogP contribution in [0.15, 0.2) is 0 Å². The molecule has 1 aliphatic rings. The third-order valence-electron chi connectivity index (χ3n) is 5.33. The fraction of sp³-hybridized carbons (Fsp3) is 0.882. The molecule has 0 radical (unpaired) electrons. The normalized spacial score (nSPS) is 26.5. The number of ether oxygens (including phenoxy) is 1. The van der Waals surface area contributed by atoms with Crippen molar-refractivity contribution in [3.8, 4) is 0 Å². The number of rotatable bonds is 5. The molecule has 5 heteroatoms. The zero-order valence-electron chi connectivity index (χ0n) is 15.4. The van der Waals surface area contributed by atoms with Crippen LogP contribution < -0.4 is 0 Å². The van der Waals surface area contributed by atoms with E-state index in [-0.39, 0.29) is 28.9 Å². The lowest BCUT2D eigenvalue weighted by Crippen LogP contribution is -2.49. The van der Waals surface area contributed by atoms with E-state index >= 15 is 0 Å². The van der Waals surface area contributed by atoms with Crippen molar-refractivity contribution >= 4 is 20.1 Å². The van der Waals surface area contributed by atoms with E-state index in [4.69, 9.17) is 9.16 Å². The molecule has 1 heterocycles. The van der Waals surface area contributed by atoms with Crippen molar-refractivity contribution in [2.45, 2.75) is 84.7 Å². The van der Waals surface area contributed by atoms with Gasteiger partial charge in [-0.25, -0.2) is 0 Å². The zero-order valence-corrected chi connectivity index (χ0v) is 16.4. The van der Waals surface area contributed by atoms with Crippen LogP contribution in [0.25, 0.3) is 0 Å². The highest BCUT2D eigenvalue weighted by atomic mass is 28.4. The molecule has 1 saturated heterocycles. The van der Waals surface area contributed by atoms with E-state index in [1.807, 2.05) is 6.92 Å². The molecule has 0 aliphatic carbocycles. The van der Waals surface area contributed by atoms with Crippen LogP contribution in [0.3, 0.4) is 0 Å². The minimum Gasteiger partial charge on any atom is -0.461 e. The summed E-state index contributed by atoms with van der Waals surface area (Å²) < 4.78 is 12.0. The first-order valence-corrected chi connectivity index (χ1v) is 11.2. The van der Waals surface area contributed by atoms with Gasteiger partial charge in [-0.3, -0.25) is 9.59 Å². The van der Waals surface area contributed by atoms with E-state index in [2.05, 4.69) is 40.8 Å². The molecule has 0 spiro atoms. The molecular formula is C17H32O4Si. The maximum atomic E-state index is 11.9. The molecule has 0 N–H and O–H groups in total. The second-order valence-electron chi connectivity index (χ2n) is 8.05. The predicted octanol–water partition coefficient (Wildman–Crippen LogP) is 3.94. The second kappa shape index (κ2) is 6.83.